The highest BCUT2D eigenvalue weighted by Gasteiger charge is 2.15. The molecular formula is C2H2FO4P. The van der Waals surface area contributed by atoms with Crippen molar-refractivity contribution in [3.8, 4) is 0 Å². The van der Waals surface area contributed by atoms with Crippen molar-refractivity contribution in [2.45, 2.75) is 0 Å². The lowest BCUT2D eigenvalue weighted by Gasteiger charge is -1.87. The normalized spacial score (nSPS) is 7.75. The highest BCUT2D eigenvalue weighted by molar-refractivity contribution is 7.11. The first-order valence-corrected chi connectivity index (χ1v) is 1.93. The smallest absolute Gasteiger partial charge is 0.443 e. The maximum absolute atomic E-state index is 10.7. The topological polar surface area (TPSA) is 52.6 Å². The van der Waals surface area contributed by atoms with Crippen LogP contribution >= 0.6 is 9.47 Å². The lowest BCUT2D eigenvalue weighted by Crippen LogP contribution is -2.12. The average molecular weight is 140 g/mol. The monoisotopic (exact) mass is 140 g/mol. The van der Waals surface area contributed by atoms with Crippen LogP contribution in [0.15, 0.2) is 0 Å². The summed E-state index contributed by atoms with van der Waals surface area (Å²) in [5, 5.41) is 0. The van der Waals surface area contributed by atoms with Crippen molar-refractivity contribution < 1.29 is 23.6 Å². The second-order valence-electron chi connectivity index (χ2n) is 0.770. The number of hydrogen-bond acceptors (Lipinski definition) is 4. The standard InChI is InChI=1S/C2H2FO4P/c3-6-1(4)2(5)7-8/h8H2. The minimum absolute atomic E-state index is 1.39. The second kappa shape index (κ2) is 3.32. The van der Waals surface area contributed by atoms with Crippen molar-refractivity contribution in [1.82, 2.24) is 0 Å². The van der Waals surface area contributed by atoms with Gasteiger partial charge < -0.3 is 4.52 Å². The highest BCUT2D eigenvalue weighted by Crippen LogP contribution is 1.89. The van der Waals surface area contributed by atoms with E-state index < -0.39 is 11.9 Å². The number of hydrogen-bond donors (Lipinski definition) is 0. The Labute approximate surface area is 46.1 Å². The molecule has 0 amide bonds. The van der Waals surface area contributed by atoms with Gasteiger partial charge in [0.15, 0.2) is 0 Å². The molecule has 0 rings (SSSR count). The first kappa shape index (κ1) is 7.30. The van der Waals surface area contributed by atoms with Gasteiger partial charge in [0.25, 0.3) is 0 Å². The Morgan fingerprint density at radius 2 is 1.88 bits per heavy atom. The zero-order valence-corrected chi connectivity index (χ0v) is 4.74. The minimum Gasteiger partial charge on any atom is -0.443 e. The van der Waals surface area contributed by atoms with E-state index in [0.717, 1.165) is 0 Å². The summed E-state index contributed by atoms with van der Waals surface area (Å²) in [6, 6.07) is 0. The average Bonchev–Trinajstić information content (AvgIpc) is 1.84. The van der Waals surface area contributed by atoms with Crippen LogP contribution in [0.5, 0.6) is 0 Å². The fraction of sp³-hybridized carbons (Fsp3) is 0. The summed E-state index contributed by atoms with van der Waals surface area (Å²) in [4.78, 5) is 21.9. The molecule has 8 heavy (non-hydrogen) atoms. The van der Waals surface area contributed by atoms with E-state index in [9.17, 15) is 14.1 Å². The molecule has 4 nitrogen and oxygen atoms in total. The summed E-state index contributed by atoms with van der Waals surface area (Å²) < 4.78 is 14.3. The van der Waals surface area contributed by atoms with Gasteiger partial charge in [0.1, 0.15) is 0 Å². The van der Waals surface area contributed by atoms with Crippen molar-refractivity contribution in [2.24, 2.45) is 0 Å². The molecule has 0 heterocycles. The molecule has 0 N–H and O–H groups in total. The maximum Gasteiger partial charge on any atom is 0.456 e. The first-order valence-electron chi connectivity index (χ1n) is 1.46. The summed E-state index contributed by atoms with van der Waals surface area (Å²) in [7, 11) is 1.47. The molecule has 0 aliphatic heterocycles. The minimum atomic E-state index is -1.67. The molecule has 0 saturated carbocycles. The fourth-order valence-electron chi connectivity index (χ4n) is 0.0796. The Balaban J connectivity index is 3.64. The number of rotatable bonds is 0. The van der Waals surface area contributed by atoms with Crippen molar-refractivity contribution >= 4 is 21.4 Å². The Morgan fingerprint density at radius 1 is 1.38 bits per heavy atom. The van der Waals surface area contributed by atoms with E-state index in [1.807, 2.05) is 0 Å². The first-order chi connectivity index (χ1) is 3.72. The molecule has 0 saturated heterocycles. The quantitative estimate of drug-likeness (QED) is 0.343. The summed E-state index contributed by atoms with van der Waals surface area (Å²) in [6.07, 6.45) is 0. The number of carbonyl (C=O) groups is 2. The molecular weight excluding hydrogens is 138 g/mol. The van der Waals surface area contributed by atoms with Crippen molar-refractivity contribution in [2.75, 3.05) is 0 Å². The summed E-state index contributed by atoms with van der Waals surface area (Å²) >= 11 is 0. The SMILES string of the molecule is O=C(OF)C(=O)OP. The van der Waals surface area contributed by atoms with E-state index in [4.69, 9.17) is 0 Å². The van der Waals surface area contributed by atoms with Crippen LogP contribution in [0.2, 0.25) is 0 Å². The maximum atomic E-state index is 10.7. The summed E-state index contributed by atoms with van der Waals surface area (Å²) in [5.74, 6) is -3.06. The second-order valence-corrected chi connectivity index (χ2v) is 1.01. The predicted molar refractivity (Wildman–Crippen MR) is 23.0 cm³/mol. The van der Waals surface area contributed by atoms with Gasteiger partial charge in [-0.25, -0.2) is 14.5 Å². The highest BCUT2D eigenvalue weighted by atomic mass is 31.0. The van der Waals surface area contributed by atoms with Crippen molar-refractivity contribution in [3.63, 3.8) is 0 Å². The Kier molecular flexibility index (Phi) is 3.03. The third-order valence-electron chi connectivity index (χ3n) is 0.344. The van der Waals surface area contributed by atoms with E-state index in [0.29, 0.717) is 0 Å². The molecule has 46 valence electrons. The molecule has 1 unspecified atom stereocenters. The third-order valence-corrected chi connectivity index (χ3v) is 0.558. The van der Waals surface area contributed by atoms with E-state index in [1.165, 1.54) is 9.47 Å². The van der Waals surface area contributed by atoms with Gasteiger partial charge in [0, 0.05) is 4.53 Å². The summed E-state index contributed by atoms with van der Waals surface area (Å²) in [6.45, 7) is 0. The van der Waals surface area contributed by atoms with E-state index in [2.05, 4.69) is 9.47 Å². The van der Waals surface area contributed by atoms with Crippen LogP contribution in [0.4, 0.5) is 4.53 Å². The van der Waals surface area contributed by atoms with Gasteiger partial charge in [-0.15, -0.1) is 0 Å². The lowest BCUT2D eigenvalue weighted by molar-refractivity contribution is -0.191. The molecule has 0 aromatic heterocycles. The molecule has 1 atom stereocenters. The largest absolute Gasteiger partial charge is 0.456 e. The molecule has 0 aromatic rings. The van der Waals surface area contributed by atoms with Gasteiger partial charge in [-0.1, -0.05) is 0 Å². The predicted octanol–water partition coefficient (Wildman–Crippen LogP) is -0.253. The van der Waals surface area contributed by atoms with Crippen molar-refractivity contribution in [3.05, 3.63) is 0 Å². The van der Waals surface area contributed by atoms with Gasteiger partial charge in [-0.3, -0.25) is 0 Å². The van der Waals surface area contributed by atoms with Crippen LogP contribution in [0.3, 0.4) is 0 Å². The van der Waals surface area contributed by atoms with Crippen molar-refractivity contribution in [1.29, 1.82) is 0 Å². The van der Waals surface area contributed by atoms with E-state index in [-0.39, 0.29) is 0 Å². The Morgan fingerprint density at radius 3 is 2.00 bits per heavy atom. The molecule has 6 heteroatoms. The Bertz CT molecular complexity index is 98.6. The number of carbonyl (C=O) groups excluding carboxylic acids is 2. The zero-order chi connectivity index (χ0) is 6.57. The molecule has 0 aliphatic rings. The van der Waals surface area contributed by atoms with Gasteiger partial charge in [0.05, 0.1) is 9.47 Å². The van der Waals surface area contributed by atoms with E-state index >= 15 is 0 Å². The molecule has 0 radical (unpaired) electrons. The fourth-order valence-corrected chi connectivity index (χ4v) is 0.176. The van der Waals surface area contributed by atoms with Gasteiger partial charge >= 0.3 is 11.9 Å². The van der Waals surface area contributed by atoms with Crippen LogP contribution in [-0.4, -0.2) is 11.9 Å². The zero-order valence-electron chi connectivity index (χ0n) is 3.59. The lowest BCUT2D eigenvalue weighted by atomic mass is 10.7. The van der Waals surface area contributed by atoms with Gasteiger partial charge in [-0.2, -0.15) is 0 Å². The molecule has 0 aromatic carbocycles. The van der Waals surface area contributed by atoms with Crippen LogP contribution in [0, 0.1) is 0 Å². The Hall–Kier alpha value is -0.700. The molecule has 0 spiro atoms. The van der Waals surface area contributed by atoms with Crippen LogP contribution in [0.1, 0.15) is 0 Å². The van der Waals surface area contributed by atoms with Gasteiger partial charge in [0.2, 0.25) is 0 Å². The van der Waals surface area contributed by atoms with Crippen LogP contribution in [-0.2, 0) is 19.1 Å². The molecule has 0 aliphatic carbocycles. The summed E-state index contributed by atoms with van der Waals surface area (Å²) in [5.41, 5.74) is 0. The molecule has 0 fully saturated rings. The van der Waals surface area contributed by atoms with Gasteiger partial charge in [-0.05, 0) is 0 Å². The van der Waals surface area contributed by atoms with E-state index in [1.54, 1.807) is 0 Å². The third kappa shape index (κ3) is 1.84. The van der Waals surface area contributed by atoms with Crippen LogP contribution < -0.4 is 0 Å². The molecule has 0 bridgehead atoms. The number of halogens is 1. The van der Waals surface area contributed by atoms with Crippen LogP contribution in [0.25, 0.3) is 0 Å².